The molecule has 18 heavy (non-hydrogen) atoms. The van der Waals surface area contributed by atoms with Crippen LogP contribution in [-0.4, -0.2) is 0 Å². The lowest BCUT2D eigenvalue weighted by Gasteiger charge is -2.03. The van der Waals surface area contributed by atoms with Crippen LogP contribution in [0.1, 0.15) is 5.56 Å². The van der Waals surface area contributed by atoms with E-state index in [1.54, 1.807) is 0 Å². The van der Waals surface area contributed by atoms with Gasteiger partial charge in [-0.05, 0) is 24.1 Å². The first-order chi connectivity index (χ1) is 8.88. The summed E-state index contributed by atoms with van der Waals surface area (Å²) in [5.41, 5.74) is 3.32. The van der Waals surface area contributed by atoms with Crippen molar-refractivity contribution in [2.24, 2.45) is 0 Å². The van der Waals surface area contributed by atoms with Crippen LogP contribution in [0.2, 0.25) is 0 Å². The van der Waals surface area contributed by atoms with Crippen LogP contribution >= 0.6 is 0 Å². The van der Waals surface area contributed by atoms with Gasteiger partial charge in [-0.3, -0.25) is 0 Å². The first-order valence-corrected chi connectivity index (χ1v) is 6.06. The van der Waals surface area contributed by atoms with Crippen molar-refractivity contribution in [3.8, 4) is 11.3 Å². The molecule has 88 valence electrons. The van der Waals surface area contributed by atoms with Crippen LogP contribution in [0.4, 0.5) is 0 Å². The van der Waals surface area contributed by atoms with Gasteiger partial charge < -0.3 is 4.42 Å². The van der Waals surface area contributed by atoms with Gasteiger partial charge in [0, 0.05) is 10.9 Å². The van der Waals surface area contributed by atoms with Crippen molar-refractivity contribution < 1.29 is 4.42 Å². The van der Waals surface area contributed by atoms with Crippen molar-refractivity contribution in [3.05, 3.63) is 72.8 Å². The van der Waals surface area contributed by atoms with Crippen LogP contribution in [0.5, 0.6) is 0 Å². The Morgan fingerprint density at radius 1 is 1.00 bits per heavy atom. The second kappa shape index (κ2) is 4.53. The van der Waals surface area contributed by atoms with E-state index in [9.17, 15) is 0 Å². The lowest BCUT2D eigenvalue weighted by Crippen LogP contribution is -1.85. The van der Waals surface area contributed by atoms with Gasteiger partial charge in [-0.2, -0.15) is 0 Å². The quantitative estimate of drug-likeness (QED) is 0.592. The van der Waals surface area contributed by atoms with E-state index < -0.39 is 0 Å². The molecule has 3 rings (SSSR count). The van der Waals surface area contributed by atoms with Crippen LogP contribution < -0.4 is 0 Å². The van der Waals surface area contributed by atoms with E-state index in [2.05, 4.69) is 30.8 Å². The highest BCUT2D eigenvalue weighted by Gasteiger charge is 2.08. The Morgan fingerprint density at radius 2 is 1.78 bits per heavy atom. The molecule has 0 unspecified atom stereocenters. The zero-order chi connectivity index (χ0) is 12.4. The highest BCUT2D eigenvalue weighted by Crippen LogP contribution is 2.30. The number of hydrogen-bond acceptors (Lipinski definition) is 1. The average molecular weight is 234 g/mol. The van der Waals surface area contributed by atoms with E-state index in [0.717, 1.165) is 28.7 Å². The fraction of sp³-hybridized carbons (Fsp3) is 0.0588. The number of hydrogen-bond donors (Lipinski definition) is 0. The maximum absolute atomic E-state index is 5.91. The maximum Gasteiger partial charge on any atom is 0.135 e. The van der Waals surface area contributed by atoms with Gasteiger partial charge in [0.2, 0.25) is 0 Å². The molecule has 0 aliphatic carbocycles. The van der Waals surface area contributed by atoms with Crippen LogP contribution in [0, 0.1) is 0 Å². The largest absolute Gasteiger partial charge is 0.456 e. The van der Waals surface area contributed by atoms with Crippen LogP contribution in [0.15, 0.2) is 71.7 Å². The summed E-state index contributed by atoms with van der Waals surface area (Å²) in [4.78, 5) is 0. The maximum atomic E-state index is 5.91. The van der Waals surface area contributed by atoms with E-state index in [1.807, 2.05) is 36.4 Å². The number of rotatable bonds is 3. The predicted molar refractivity (Wildman–Crippen MR) is 75.6 cm³/mol. The molecule has 2 aromatic carbocycles. The number of allylic oxidation sites excluding steroid dienone is 1. The third kappa shape index (κ3) is 1.84. The van der Waals surface area contributed by atoms with Gasteiger partial charge in [-0.15, -0.1) is 6.58 Å². The topological polar surface area (TPSA) is 13.1 Å². The van der Waals surface area contributed by atoms with Gasteiger partial charge in [0.25, 0.3) is 0 Å². The monoisotopic (exact) mass is 234 g/mol. The van der Waals surface area contributed by atoms with Crippen molar-refractivity contribution in [1.29, 1.82) is 0 Å². The van der Waals surface area contributed by atoms with Crippen molar-refractivity contribution in [1.82, 2.24) is 0 Å². The zero-order valence-electron chi connectivity index (χ0n) is 10.1. The predicted octanol–water partition coefficient (Wildman–Crippen LogP) is 4.83. The second-order valence-corrected chi connectivity index (χ2v) is 4.30. The molecule has 0 radical (unpaired) electrons. The fourth-order valence-electron chi connectivity index (χ4n) is 2.21. The summed E-state index contributed by atoms with van der Waals surface area (Å²) >= 11 is 0. The van der Waals surface area contributed by atoms with Crippen LogP contribution in [0.25, 0.3) is 22.3 Å². The summed E-state index contributed by atoms with van der Waals surface area (Å²) in [7, 11) is 0. The van der Waals surface area contributed by atoms with Gasteiger partial charge in [0.15, 0.2) is 0 Å². The Hall–Kier alpha value is -2.28. The van der Waals surface area contributed by atoms with E-state index in [1.165, 1.54) is 5.56 Å². The molecule has 0 aliphatic rings. The summed E-state index contributed by atoms with van der Waals surface area (Å²) in [6.07, 6.45) is 2.77. The molecule has 0 atom stereocenters. The summed E-state index contributed by atoms with van der Waals surface area (Å²) in [6.45, 7) is 3.80. The minimum atomic E-state index is 0.854. The zero-order valence-corrected chi connectivity index (χ0v) is 10.1. The second-order valence-electron chi connectivity index (χ2n) is 4.30. The van der Waals surface area contributed by atoms with Crippen molar-refractivity contribution in [2.45, 2.75) is 6.42 Å². The molecule has 1 nitrogen and oxygen atoms in total. The lowest BCUT2D eigenvalue weighted by molar-refractivity contribution is 0.631. The van der Waals surface area contributed by atoms with Crippen molar-refractivity contribution in [3.63, 3.8) is 0 Å². The van der Waals surface area contributed by atoms with E-state index in [-0.39, 0.29) is 0 Å². The SMILES string of the molecule is C=CCc1ccccc1-c1cc2ccccc2o1. The molecule has 0 spiro atoms. The third-order valence-corrected chi connectivity index (χ3v) is 3.07. The van der Waals surface area contributed by atoms with E-state index in [4.69, 9.17) is 4.42 Å². The average Bonchev–Trinajstić information content (AvgIpc) is 2.83. The molecule has 1 heterocycles. The Balaban J connectivity index is 2.16. The Bertz CT molecular complexity index is 658. The molecular formula is C17H14O. The highest BCUT2D eigenvalue weighted by molar-refractivity contribution is 5.83. The number of fused-ring (bicyclic) bond motifs is 1. The number of furan rings is 1. The molecule has 3 aromatic rings. The number of benzene rings is 2. The van der Waals surface area contributed by atoms with E-state index in [0.29, 0.717) is 0 Å². The Morgan fingerprint density at radius 3 is 2.61 bits per heavy atom. The minimum absolute atomic E-state index is 0.854. The van der Waals surface area contributed by atoms with E-state index >= 15 is 0 Å². The van der Waals surface area contributed by atoms with Gasteiger partial charge in [-0.1, -0.05) is 48.5 Å². The third-order valence-electron chi connectivity index (χ3n) is 3.07. The van der Waals surface area contributed by atoms with Crippen molar-refractivity contribution in [2.75, 3.05) is 0 Å². The minimum Gasteiger partial charge on any atom is -0.456 e. The smallest absolute Gasteiger partial charge is 0.135 e. The first kappa shape index (κ1) is 10.8. The molecule has 1 aromatic heterocycles. The molecule has 0 fully saturated rings. The summed E-state index contributed by atoms with van der Waals surface area (Å²) in [6, 6.07) is 18.5. The standard InChI is InChI=1S/C17H14O/c1-2-7-13-8-3-5-10-15(13)17-12-14-9-4-6-11-16(14)18-17/h2-6,8-12H,1,7H2. The molecular weight excluding hydrogens is 220 g/mol. The number of para-hydroxylation sites is 1. The molecule has 0 N–H and O–H groups in total. The molecule has 0 amide bonds. The van der Waals surface area contributed by atoms with Gasteiger partial charge in [0.1, 0.15) is 11.3 Å². The summed E-state index contributed by atoms with van der Waals surface area (Å²) in [5.74, 6) is 0.925. The normalized spacial score (nSPS) is 10.7. The van der Waals surface area contributed by atoms with Crippen LogP contribution in [-0.2, 0) is 6.42 Å². The fourth-order valence-corrected chi connectivity index (χ4v) is 2.21. The Labute approximate surface area is 106 Å². The molecule has 0 saturated carbocycles. The Kier molecular flexibility index (Phi) is 2.73. The molecule has 0 saturated heterocycles. The van der Waals surface area contributed by atoms with Gasteiger partial charge >= 0.3 is 0 Å². The summed E-state index contributed by atoms with van der Waals surface area (Å²) < 4.78 is 5.91. The lowest BCUT2D eigenvalue weighted by atomic mass is 10.0. The molecule has 1 heteroatoms. The molecule has 0 bridgehead atoms. The van der Waals surface area contributed by atoms with Crippen LogP contribution in [0.3, 0.4) is 0 Å². The van der Waals surface area contributed by atoms with Gasteiger partial charge in [0.05, 0.1) is 0 Å². The highest BCUT2D eigenvalue weighted by atomic mass is 16.3. The summed E-state index contributed by atoms with van der Waals surface area (Å²) in [5, 5.41) is 1.14. The first-order valence-electron chi connectivity index (χ1n) is 6.06. The van der Waals surface area contributed by atoms with Crippen molar-refractivity contribution >= 4 is 11.0 Å². The molecule has 0 aliphatic heterocycles. The van der Waals surface area contributed by atoms with Gasteiger partial charge in [-0.25, -0.2) is 0 Å².